The summed E-state index contributed by atoms with van der Waals surface area (Å²) in [4.78, 5) is 4.41. The third-order valence-corrected chi connectivity index (χ3v) is 2.65. The van der Waals surface area contributed by atoms with E-state index in [0.29, 0.717) is 12.0 Å². The van der Waals surface area contributed by atoms with Crippen molar-refractivity contribution in [3.05, 3.63) is 11.7 Å². The van der Waals surface area contributed by atoms with Gasteiger partial charge in [-0.2, -0.15) is 4.98 Å². The van der Waals surface area contributed by atoms with E-state index in [9.17, 15) is 0 Å². The van der Waals surface area contributed by atoms with Crippen LogP contribution < -0.4 is 5.32 Å². The highest BCUT2D eigenvalue weighted by Crippen LogP contribution is 2.10. The molecule has 0 aromatic carbocycles. The average Bonchev–Trinajstić information content (AvgIpc) is 2.65. The highest BCUT2D eigenvalue weighted by Gasteiger charge is 2.14. The lowest BCUT2D eigenvalue weighted by Crippen LogP contribution is -2.32. The average molecular weight is 239 g/mol. The first-order valence-electron chi connectivity index (χ1n) is 6.70. The lowest BCUT2D eigenvalue weighted by atomic mass is 10.0. The van der Waals surface area contributed by atoms with Crippen LogP contribution in [0.2, 0.25) is 0 Å². The van der Waals surface area contributed by atoms with Crippen molar-refractivity contribution in [3.8, 4) is 0 Å². The Balaban J connectivity index is 2.52. The van der Waals surface area contributed by atoms with Gasteiger partial charge in [0.25, 0.3) is 0 Å². The smallest absolute Gasteiger partial charge is 0.228 e. The summed E-state index contributed by atoms with van der Waals surface area (Å²) in [5.74, 6) is 2.28. The predicted molar refractivity (Wildman–Crippen MR) is 68.9 cm³/mol. The van der Waals surface area contributed by atoms with Crippen LogP contribution in [0, 0.1) is 5.92 Å². The molecule has 0 saturated heterocycles. The highest BCUT2D eigenvalue weighted by molar-refractivity contribution is 4.89. The molecule has 1 N–H and O–H groups in total. The Morgan fingerprint density at radius 1 is 1.29 bits per heavy atom. The number of aryl methyl sites for hydroxylation is 1. The fourth-order valence-electron chi connectivity index (χ4n) is 2.01. The summed E-state index contributed by atoms with van der Waals surface area (Å²) < 4.78 is 5.27. The normalized spacial score (nSPS) is 13.2. The minimum atomic E-state index is 0.440. The molecule has 98 valence electrons. The van der Waals surface area contributed by atoms with Crippen molar-refractivity contribution in [1.82, 2.24) is 15.5 Å². The Kier molecular flexibility index (Phi) is 6.19. The van der Waals surface area contributed by atoms with Gasteiger partial charge in [0.15, 0.2) is 5.82 Å². The zero-order chi connectivity index (χ0) is 12.7. The summed E-state index contributed by atoms with van der Waals surface area (Å²) >= 11 is 0. The standard InChI is InChI=1S/C13H25N3O/c1-5-7-12-15-13(17-16-12)9-11(14-6-2)8-10(3)4/h10-11,14H,5-9H2,1-4H3. The predicted octanol–water partition coefficient (Wildman–Crippen LogP) is 2.59. The van der Waals surface area contributed by atoms with Crippen molar-refractivity contribution in [1.29, 1.82) is 0 Å². The second-order valence-electron chi connectivity index (χ2n) is 4.94. The number of hydrogen-bond donors (Lipinski definition) is 1. The molecular weight excluding hydrogens is 214 g/mol. The molecule has 1 heterocycles. The molecule has 4 heteroatoms. The molecule has 0 aliphatic rings. The monoisotopic (exact) mass is 239 g/mol. The highest BCUT2D eigenvalue weighted by atomic mass is 16.5. The van der Waals surface area contributed by atoms with Gasteiger partial charge in [-0.05, 0) is 25.3 Å². The van der Waals surface area contributed by atoms with E-state index in [1.807, 2.05) is 0 Å². The zero-order valence-electron chi connectivity index (χ0n) is 11.5. The van der Waals surface area contributed by atoms with Gasteiger partial charge in [-0.1, -0.05) is 32.9 Å². The molecule has 0 amide bonds. The second-order valence-corrected chi connectivity index (χ2v) is 4.94. The number of rotatable bonds is 8. The van der Waals surface area contributed by atoms with Crippen molar-refractivity contribution in [3.63, 3.8) is 0 Å². The van der Waals surface area contributed by atoms with E-state index in [4.69, 9.17) is 4.52 Å². The van der Waals surface area contributed by atoms with Crippen molar-refractivity contribution in [2.24, 2.45) is 5.92 Å². The molecule has 1 rings (SSSR count). The van der Waals surface area contributed by atoms with E-state index in [-0.39, 0.29) is 0 Å². The lowest BCUT2D eigenvalue weighted by Gasteiger charge is -2.17. The van der Waals surface area contributed by atoms with E-state index in [1.54, 1.807) is 0 Å². The first-order valence-corrected chi connectivity index (χ1v) is 6.70. The summed E-state index contributed by atoms with van der Waals surface area (Å²) in [6.07, 6.45) is 3.93. The number of nitrogens with one attached hydrogen (secondary N) is 1. The number of likely N-dealkylation sites (N-methyl/N-ethyl adjacent to an activating group) is 1. The quantitative estimate of drug-likeness (QED) is 0.757. The van der Waals surface area contributed by atoms with Gasteiger partial charge in [0.05, 0.1) is 0 Å². The maximum atomic E-state index is 5.27. The van der Waals surface area contributed by atoms with Crippen LogP contribution in [0.15, 0.2) is 4.52 Å². The molecule has 4 nitrogen and oxygen atoms in total. The summed E-state index contributed by atoms with van der Waals surface area (Å²) in [6.45, 7) is 9.70. The van der Waals surface area contributed by atoms with Gasteiger partial charge in [-0.15, -0.1) is 0 Å². The maximum Gasteiger partial charge on any atom is 0.228 e. The van der Waals surface area contributed by atoms with Gasteiger partial charge in [0.1, 0.15) is 0 Å². The molecule has 1 unspecified atom stereocenters. The Labute approximate surface area is 104 Å². The van der Waals surface area contributed by atoms with Crippen molar-refractivity contribution in [2.45, 2.75) is 59.4 Å². The number of hydrogen-bond acceptors (Lipinski definition) is 4. The Hall–Kier alpha value is -0.900. The Morgan fingerprint density at radius 2 is 2.06 bits per heavy atom. The minimum absolute atomic E-state index is 0.440. The molecule has 1 atom stereocenters. The molecule has 0 saturated carbocycles. The van der Waals surface area contributed by atoms with E-state index in [0.717, 1.165) is 43.9 Å². The second kappa shape index (κ2) is 7.43. The van der Waals surface area contributed by atoms with Crippen molar-refractivity contribution >= 4 is 0 Å². The molecule has 0 aliphatic heterocycles. The van der Waals surface area contributed by atoms with Gasteiger partial charge in [0.2, 0.25) is 5.89 Å². The lowest BCUT2D eigenvalue weighted by molar-refractivity contribution is 0.337. The van der Waals surface area contributed by atoms with E-state index < -0.39 is 0 Å². The van der Waals surface area contributed by atoms with Crippen LogP contribution in [0.4, 0.5) is 0 Å². The molecule has 17 heavy (non-hydrogen) atoms. The van der Waals surface area contributed by atoms with Crippen LogP contribution in [0.25, 0.3) is 0 Å². The third-order valence-electron chi connectivity index (χ3n) is 2.65. The van der Waals surface area contributed by atoms with Crippen LogP contribution in [0.1, 0.15) is 52.3 Å². The molecule has 0 spiro atoms. The van der Waals surface area contributed by atoms with Gasteiger partial charge < -0.3 is 9.84 Å². The van der Waals surface area contributed by atoms with Crippen LogP contribution in [0.5, 0.6) is 0 Å². The van der Waals surface area contributed by atoms with Crippen LogP contribution in [0.3, 0.4) is 0 Å². The van der Waals surface area contributed by atoms with Crippen molar-refractivity contribution in [2.75, 3.05) is 6.54 Å². The summed E-state index contributed by atoms with van der Waals surface area (Å²) in [5.41, 5.74) is 0. The molecule has 0 fully saturated rings. The van der Waals surface area contributed by atoms with Gasteiger partial charge in [-0.3, -0.25) is 0 Å². The van der Waals surface area contributed by atoms with Gasteiger partial charge >= 0.3 is 0 Å². The molecule has 0 radical (unpaired) electrons. The molecule has 0 aliphatic carbocycles. The first kappa shape index (κ1) is 14.2. The Bertz CT molecular complexity index is 309. The number of aromatic nitrogens is 2. The molecule has 1 aromatic heterocycles. The Morgan fingerprint density at radius 3 is 2.65 bits per heavy atom. The summed E-state index contributed by atoms with van der Waals surface area (Å²) in [5, 5.41) is 7.46. The number of nitrogens with zero attached hydrogens (tertiary/aromatic N) is 2. The minimum Gasteiger partial charge on any atom is -0.339 e. The van der Waals surface area contributed by atoms with Crippen molar-refractivity contribution < 1.29 is 4.52 Å². The summed E-state index contributed by atoms with van der Waals surface area (Å²) in [6, 6.07) is 0.440. The summed E-state index contributed by atoms with van der Waals surface area (Å²) in [7, 11) is 0. The van der Waals surface area contributed by atoms with Crippen LogP contribution in [-0.2, 0) is 12.8 Å². The maximum absolute atomic E-state index is 5.27. The van der Waals surface area contributed by atoms with Gasteiger partial charge in [0, 0.05) is 18.9 Å². The van der Waals surface area contributed by atoms with Crippen LogP contribution in [-0.4, -0.2) is 22.7 Å². The topological polar surface area (TPSA) is 51.0 Å². The largest absolute Gasteiger partial charge is 0.339 e. The fourth-order valence-corrected chi connectivity index (χ4v) is 2.01. The molecule has 0 bridgehead atoms. The third kappa shape index (κ3) is 5.31. The molecular formula is C13H25N3O. The van der Waals surface area contributed by atoms with E-state index >= 15 is 0 Å². The van der Waals surface area contributed by atoms with E-state index in [2.05, 4.69) is 43.2 Å². The van der Waals surface area contributed by atoms with Crippen LogP contribution >= 0.6 is 0 Å². The fraction of sp³-hybridized carbons (Fsp3) is 0.846. The van der Waals surface area contributed by atoms with Gasteiger partial charge in [-0.25, -0.2) is 0 Å². The zero-order valence-corrected chi connectivity index (χ0v) is 11.5. The first-order chi connectivity index (χ1) is 8.15. The molecule has 1 aromatic rings. The SMILES string of the molecule is CCCc1noc(CC(CC(C)C)NCC)n1. The van der Waals surface area contributed by atoms with E-state index in [1.165, 1.54) is 0 Å².